The molecule has 0 aliphatic rings. The van der Waals surface area contributed by atoms with E-state index in [4.69, 9.17) is 5.73 Å². The van der Waals surface area contributed by atoms with Gasteiger partial charge in [-0.3, -0.25) is 4.79 Å². The van der Waals surface area contributed by atoms with Gasteiger partial charge in [0.2, 0.25) is 0 Å². The first-order valence-electron chi connectivity index (χ1n) is 7.81. The summed E-state index contributed by atoms with van der Waals surface area (Å²) in [4.78, 5) is 20.4. The van der Waals surface area contributed by atoms with Crippen molar-refractivity contribution in [3.05, 3.63) is 40.6 Å². The molecule has 126 valence electrons. The van der Waals surface area contributed by atoms with Gasteiger partial charge in [-0.2, -0.15) is 0 Å². The van der Waals surface area contributed by atoms with Crippen LogP contribution in [0.3, 0.4) is 0 Å². The number of H-pyrrole nitrogens is 1. The van der Waals surface area contributed by atoms with E-state index in [0.717, 1.165) is 18.8 Å². The van der Waals surface area contributed by atoms with Crippen molar-refractivity contribution in [2.75, 3.05) is 44.9 Å². The van der Waals surface area contributed by atoms with E-state index < -0.39 is 0 Å². The van der Waals surface area contributed by atoms with Crippen LogP contribution in [0.5, 0.6) is 5.75 Å². The fraction of sp³-hybridized carbons (Fsp3) is 0.278. The minimum absolute atomic E-state index is 0.0683. The molecule has 24 heavy (non-hydrogen) atoms. The summed E-state index contributed by atoms with van der Waals surface area (Å²) in [6.07, 6.45) is 0. The summed E-state index contributed by atoms with van der Waals surface area (Å²) in [6.45, 7) is 1.65. The maximum absolute atomic E-state index is 13.0. The van der Waals surface area contributed by atoms with Crippen LogP contribution in [0.15, 0.2) is 35.1 Å². The lowest BCUT2D eigenvalue weighted by atomic mass is 10.1. The second kappa shape index (κ2) is 6.05. The molecule has 3 aromatic rings. The summed E-state index contributed by atoms with van der Waals surface area (Å²) in [5, 5.41) is 10.7. The van der Waals surface area contributed by atoms with Crippen LogP contribution in [0.25, 0.3) is 21.8 Å². The van der Waals surface area contributed by atoms with Crippen LogP contribution in [0.2, 0.25) is 0 Å². The molecule has 0 atom stereocenters. The third-order valence-corrected chi connectivity index (χ3v) is 4.24. The van der Waals surface area contributed by atoms with Crippen LogP contribution < -0.4 is 16.1 Å². The average molecular weight is 326 g/mol. The van der Waals surface area contributed by atoms with E-state index in [0.29, 0.717) is 27.5 Å². The largest absolute Gasteiger partial charge is 0.508 e. The van der Waals surface area contributed by atoms with Gasteiger partial charge in [0.1, 0.15) is 5.75 Å². The molecule has 1 aromatic heterocycles. The molecule has 0 fully saturated rings. The summed E-state index contributed by atoms with van der Waals surface area (Å²) >= 11 is 0. The molecule has 6 nitrogen and oxygen atoms in total. The second-order valence-electron chi connectivity index (χ2n) is 6.33. The molecular weight excluding hydrogens is 304 g/mol. The number of nitrogens with zero attached hydrogens (tertiary/aromatic N) is 2. The van der Waals surface area contributed by atoms with Crippen molar-refractivity contribution in [3.63, 3.8) is 0 Å². The molecule has 2 aromatic carbocycles. The Hall–Kier alpha value is -2.73. The van der Waals surface area contributed by atoms with E-state index in [-0.39, 0.29) is 11.2 Å². The minimum Gasteiger partial charge on any atom is -0.508 e. The monoisotopic (exact) mass is 326 g/mol. The van der Waals surface area contributed by atoms with E-state index in [9.17, 15) is 9.90 Å². The number of benzene rings is 2. The van der Waals surface area contributed by atoms with Crippen molar-refractivity contribution in [1.82, 2.24) is 9.88 Å². The number of nitrogens with two attached hydrogens (primary N) is 1. The fourth-order valence-electron chi connectivity index (χ4n) is 2.86. The Labute approximate surface area is 140 Å². The van der Waals surface area contributed by atoms with Gasteiger partial charge < -0.3 is 25.6 Å². The predicted octanol–water partition coefficient (Wildman–Crippen LogP) is 1.97. The van der Waals surface area contributed by atoms with E-state index in [1.54, 1.807) is 12.1 Å². The zero-order valence-corrected chi connectivity index (χ0v) is 14.1. The smallest absolute Gasteiger partial charge is 0.199 e. The summed E-state index contributed by atoms with van der Waals surface area (Å²) in [5.74, 6) is 0.0683. The Kier molecular flexibility index (Phi) is 4.07. The van der Waals surface area contributed by atoms with Crippen molar-refractivity contribution in [1.29, 1.82) is 0 Å². The minimum atomic E-state index is -0.131. The number of hydrogen-bond donors (Lipinski definition) is 3. The van der Waals surface area contributed by atoms with Gasteiger partial charge in [0.25, 0.3) is 0 Å². The van der Waals surface area contributed by atoms with Crippen molar-refractivity contribution < 1.29 is 5.11 Å². The van der Waals surface area contributed by atoms with E-state index in [2.05, 4.69) is 9.88 Å². The van der Waals surface area contributed by atoms with Crippen molar-refractivity contribution in [2.24, 2.45) is 0 Å². The predicted molar refractivity (Wildman–Crippen MR) is 100.0 cm³/mol. The normalized spacial score (nSPS) is 11.5. The molecule has 0 bridgehead atoms. The fourth-order valence-corrected chi connectivity index (χ4v) is 2.86. The SMILES string of the molecule is CN(C)CCN(C)c1ccc(N)c2[nH]c3ccc(O)cc3c(=O)c12. The zero-order valence-electron chi connectivity index (χ0n) is 14.1. The Balaban J connectivity index is 2.27. The number of aromatic nitrogens is 1. The molecule has 4 N–H and O–H groups in total. The molecule has 0 unspecified atom stereocenters. The molecule has 0 radical (unpaired) electrons. The van der Waals surface area contributed by atoms with Gasteiger partial charge >= 0.3 is 0 Å². The van der Waals surface area contributed by atoms with Crippen LogP contribution in [0, 0.1) is 0 Å². The van der Waals surface area contributed by atoms with Gasteiger partial charge in [0.05, 0.1) is 22.1 Å². The number of nitrogens with one attached hydrogen (secondary N) is 1. The third-order valence-electron chi connectivity index (χ3n) is 4.24. The number of anilines is 2. The Morgan fingerprint density at radius 1 is 1.12 bits per heavy atom. The lowest BCUT2D eigenvalue weighted by molar-refractivity contribution is 0.416. The second-order valence-corrected chi connectivity index (χ2v) is 6.33. The quantitative estimate of drug-likeness (QED) is 0.504. The highest BCUT2D eigenvalue weighted by Gasteiger charge is 2.15. The molecule has 0 aliphatic carbocycles. The number of fused-ring (bicyclic) bond motifs is 2. The summed E-state index contributed by atoms with van der Waals surface area (Å²) < 4.78 is 0. The van der Waals surface area contributed by atoms with Gasteiger partial charge in [-0.25, -0.2) is 0 Å². The summed E-state index contributed by atoms with van der Waals surface area (Å²) in [7, 11) is 5.98. The van der Waals surface area contributed by atoms with E-state index in [1.165, 1.54) is 6.07 Å². The highest BCUT2D eigenvalue weighted by molar-refractivity contribution is 6.04. The third kappa shape index (κ3) is 2.76. The first kappa shape index (κ1) is 16.1. The number of pyridine rings is 1. The molecule has 0 spiro atoms. The van der Waals surface area contributed by atoms with E-state index in [1.807, 2.05) is 38.2 Å². The Bertz CT molecular complexity index is 963. The molecule has 0 amide bonds. The molecule has 0 saturated heterocycles. The van der Waals surface area contributed by atoms with Gasteiger partial charge in [-0.1, -0.05) is 0 Å². The van der Waals surface area contributed by atoms with Crippen LogP contribution in [0.4, 0.5) is 11.4 Å². The van der Waals surface area contributed by atoms with Gasteiger partial charge in [-0.05, 0) is 44.4 Å². The summed E-state index contributed by atoms with van der Waals surface area (Å²) in [6, 6.07) is 8.41. The number of nitrogen functional groups attached to an aromatic ring is 1. The highest BCUT2D eigenvalue weighted by atomic mass is 16.3. The lowest BCUT2D eigenvalue weighted by Crippen LogP contribution is -2.29. The molecule has 0 saturated carbocycles. The molecule has 1 heterocycles. The van der Waals surface area contributed by atoms with Crippen molar-refractivity contribution in [2.45, 2.75) is 0 Å². The standard InChI is InChI=1S/C18H22N4O2/c1-21(2)8-9-22(3)15-7-5-13(19)17-16(15)18(24)12-10-11(23)4-6-14(12)20-17/h4-7,10,23H,8-9,19H2,1-3H3,(H,20,24). The van der Waals surface area contributed by atoms with Crippen molar-refractivity contribution in [3.8, 4) is 5.75 Å². The van der Waals surface area contributed by atoms with Gasteiger partial charge in [0, 0.05) is 31.2 Å². The molecule has 6 heteroatoms. The van der Waals surface area contributed by atoms with Crippen LogP contribution in [-0.4, -0.2) is 49.2 Å². The molecule has 0 aliphatic heterocycles. The number of hydrogen-bond acceptors (Lipinski definition) is 5. The highest BCUT2D eigenvalue weighted by Crippen LogP contribution is 2.29. The number of rotatable bonds is 4. The van der Waals surface area contributed by atoms with E-state index >= 15 is 0 Å². The number of phenols is 1. The maximum Gasteiger partial charge on any atom is 0.199 e. The molecular formula is C18H22N4O2. The number of aromatic hydroxyl groups is 1. The maximum atomic E-state index is 13.0. The van der Waals surface area contributed by atoms with Gasteiger partial charge in [0.15, 0.2) is 5.43 Å². The molecule has 3 rings (SSSR count). The van der Waals surface area contributed by atoms with Crippen LogP contribution in [-0.2, 0) is 0 Å². The zero-order chi connectivity index (χ0) is 17.4. The average Bonchev–Trinajstić information content (AvgIpc) is 2.54. The number of phenolic OH excluding ortho intramolecular Hbond substituents is 1. The summed E-state index contributed by atoms with van der Waals surface area (Å²) in [5.41, 5.74) is 8.61. The van der Waals surface area contributed by atoms with Gasteiger partial charge in [-0.15, -0.1) is 0 Å². The lowest BCUT2D eigenvalue weighted by Gasteiger charge is -2.23. The number of likely N-dealkylation sites (N-methyl/N-ethyl adjacent to an activating group) is 2. The number of aromatic amines is 1. The first-order chi connectivity index (χ1) is 11.4. The first-order valence-corrected chi connectivity index (χ1v) is 7.81. The Morgan fingerprint density at radius 2 is 1.88 bits per heavy atom. The topological polar surface area (TPSA) is 85.6 Å². The van der Waals surface area contributed by atoms with Crippen LogP contribution in [0.1, 0.15) is 0 Å². The Morgan fingerprint density at radius 3 is 2.58 bits per heavy atom. The van der Waals surface area contributed by atoms with Crippen LogP contribution >= 0.6 is 0 Å². The van der Waals surface area contributed by atoms with Crippen molar-refractivity contribution >= 4 is 33.2 Å².